The van der Waals surface area contributed by atoms with Gasteiger partial charge in [0.05, 0.1) is 0 Å². The van der Waals surface area contributed by atoms with Crippen LogP contribution in [-0.4, -0.2) is 47.2 Å². The van der Waals surface area contributed by atoms with Crippen LogP contribution in [-0.2, 0) is 11.2 Å². The molecule has 0 spiro atoms. The number of halogens is 12. The summed E-state index contributed by atoms with van der Waals surface area (Å²) in [6.07, 6.45) is -0.424. The maximum absolute atomic E-state index is 15.1. The molecular formula is C17H11F12NO. The standard InChI is InChI=1S/C17H11F12NO/c1-7-2-3-8-6-9(18)4-5-10(8)30(7)11(31)12(19)13(20,21)15(24,25)17(28,29)16(26,27)14(12,22)23/h4-7H,2-3H2,1H3. The van der Waals surface area contributed by atoms with Gasteiger partial charge in [-0.1, -0.05) is 0 Å². The summed E-state index contributed by atoms with van der Waals surface area (Å²) < 4.78 is 167. The van der Waals surface area contributed by atoms with Crippen molar-refractivity contribution in [2.24, 2.45) is 0 Å². The van der Waals surface area contributed by atoms with Crippen LogP contribution in [0.1, 0.15) is 18.9 Å². The number of hydrogen-bond donors (Lipinski definition) is 0. The lowest BCUT2D eigenvalue weighted by Crippen LogP contribution is -2.86. The summed E-state index contributed by atoms with van der Waals surface area (Å²) in [7, 11) is 0. The Morgan fingerprint density at radius 1 is 0.839 bits per heavy atom. The zero-order chi connectivity index (χ0) is 24.0. The van der Waals surface area contributed by atoms with E-state index in [1.165, 1.54) is 0 Å². The van der Waals surface area contributed by atoms with Gasteiger partial charge in [-0.3, -0.25) is 4.79 Å². The quantitative estimate of drug-likeness (QED) is 0.501. The van der Waals surface area contributed by atoms with E-state index >= 15 is 4.39 Å². The van der Waals surface area contributed by atoms with Crippen LogP contribution in [0, 0.1) is 5.82 Å². The molecule has 1 amide bonds. The van der Waals surface area contributed by atoms with E-state index in [-0.39, 0.29) is 23.3 Å². The van der Waals surface area contributed by atoms with E-state index in [1.807, 2.05) is 0 Å². The Hall–Kier alpha value is -2.15. The normalized spacial score (nSPS) is 29.2. The lowest BCUT2D eigenvalue weighted by atomic mass is 9.71. The number of hydrogen-bond acceptors (Lipinski definition) is 1. The minimum Gasteiger partial charge on any atom is -0.306 e. The fraction of sp³-hybridized carbons (Fsp3) is 0.588. The molecule has 1 unspecified atom stereocenters. The van der Waals surface area contributed by atoms with Gasteiger partial charge in [-0.2, -0.15) is 43.9 Å². The minimum absolute atomic E-state index is 0.103. The number of aryl methyl sites for hydroxylation is 1. The van der Waals surface area contributed by atoms with Crippen molar-refractivity contribution in [2.45, 2.75) is 61.1 Å². The van der Waals surface area contributed by atoms with Crippen molar-refractivity contribution < 1.29 is 57.5 Å². The smallest absolute Gasteiger partial charge is 0.306 e. The van der Waals surface area contributed by atoms with Crippen LogP contribution in [0.4, 0.5) is 58.4 Å². The molecule has 1 saturated carbocycles. The molecule has 1 aliphatic carbocycles. The number of anilines is 1. The highest BCUT2D eigenvalue weighted by molar-refractivity contribution is 6.03. The van der Waals surface area contributed by atoms with Gasteiger partial charge >= 0.3 is 35.3 Å². The van der Waals surface area contributed by atoms with E-state index in [4.69, 9.17) is 0 Å². The Bertz CT molecular complexity index is 898. The third kappa shape index (κ3) is 2.41. The zero-order valence-electron chi connectivity index (χ0n) is 15.1. The first-order valence-corrected chi connectivity index (χ1v) is 8.50. The number of rotatable bonds is 1. The molecule has 1 aliphatic heterocycles. The molecule has 2 aliphatic rings. The van der Waals surface area contributed by atoms with Crippen molar-refractivity contribution in [1.29, 1.82) is 0 Å². The predicted octanol–water partition coefficient (Wildman–Crippen LogP) is 5.39. The van der Waals surface area contributed by atoms with Crippen LogP contribution in [0.15, 0.2) is 18.2 Å². The molecule has 0 saturated heterocycles. The molecule has 1 heterocycles. The minimum atomic E-state index is -7.41. The summed E-state index contributed by atoms with van der Waals surface area (Å²) >= 11 is 0. The first kappa shape index (κ1) is 23.5. The van der Waals surface area contributed by atoms with Gasteiger partial charge in [0, 0.05) is 11.7 Å². The van der Waals surface area contributed by atoms with Gasteiger partial charge in [0.15, 0.2) is 0 Å². The van der Waals surface area contributed by atoms with E-state index in [9.17, 15) is 53.1 Å². The highest BCUT2D eigenvalue weighted by Gasteiger charge is 3.03. The van der Waals surface area contributed by atoms with E-state index < -0.39 is 58.7 Å². The van der Waals surface area contributed by atoms with Crippen LogP contribution >= 0.6 is 0 Å². The van der Waals surface area contributed by atoms with Crippen molar-refractivity contribution in [1.82, 2.24) is 0 Å². The summed E-state index contributed by atoms with van der Waals surface area (Å²) in [6, 6.07) is 0.415. The maximum Gasteiger partial charge on any atom is 0.384 e. The topological polar surface area (TPSA) is 20.3 Å². The molecule has 1 atom stereocenters. The monoisotopic (exact) mass is 473 g/mol. The third-order valence-corrected chi connectivity index (χ3v) is 5.53. The maximum atomic E-state index is 15.1. The van der Waals surface area contributed by atoms with Gasteiger partial charge in [0.1, 0.15) is 5.82 Å². The summed E-state index contributed by atoms with van der Waals surface area (Å²) in [4.78, 5) is 12.3. The molecule has 31 heavy (non-hydrogen) atoms. The molecule has 0 bridgehead atoms. The fourth-order valence-corrected chi connectivity index (χ4v) is 3.69. The van der Waals surface area contributed by atoms with Gasteiger partial charge in [0.25, 0.3) is 5.91 Å². The van der Waals surface area contributed by atoms with Crippen molar-refractivity contribution in [3.8, 4) is 0 Å². The average Bonchev–Trinajstić information content (AvgIpc) is 2.65. The number of benzene rings is 1. The largest absolute Gasteiger partial charge is 0.384 e. The Morgan fingerprint density at radius 2 is 1.29 bits per heavy atom. The first-order valence-electron chi connectivity index (χ1n) is 8.50. The Balaban J connectivity index is 2.29. The number of amides is 1. The second kappa shape index (κ2) is 6.21. The van der Waals surface area contributed by atoms with Crippen LogP contribution in [0.3, 0.4) is 0 Å². The predicted molar refractivity (Wildman–Crippen MR) is 80.2 cm³/mol. The van der Waals surface area contributed by atoms with E-state index in [0.29, 0.717) is 18.2 Å². The van der Waals surface area contributed by atoms with Gasteiger partial charge in [-0.25, -0.2) is 8.78 Å². The summed E-state index contributed by atoms with van der Waals surface area (Å²) in [5.41, 5.74) is -7.70. The Labute approximate surface area is 165 Å². The van der Waals surface area contributed by atoms with Gasteiger partial charge in [0.2, 0.25) is 0 Å². The third-order valence-electron chi connectivity index (χ3n) is 5.53. The molecule has 2 nitrogen and oxygen atoms in total. The first-order chi connectivity index (χ1) is 13.8. The molecule has 3 rings (SSSR count). The lowest BCUT2D eigenvalue weighted by Gasteiger charge is -2.53. The van der Waals surface area contributed by atoms with Crippen LogP contribution in [0.2, 0.25) is 0 Å². The molecule has 1 aromatic carbocycles. The van der Waals surface area contributed by atoms with Gasteiger partial charge < -0.3 is 4.90 Å². The number of carbonyl (C=O) groups excluding carboxylic acids is 1. The van der Waals surface area contributed by atoms with Crippen molar-refractivity contribution in [3.05, 3.63) is 29.6 Å². The second-order valence-electron chi connectivity index (χ2n) is 7.37. The molecule has 174 valence electrons. The van der Waals surface area contributed by atoms with E-state index in [0.717, 1.165) is 6.92 Å². The van der Waals surface area contributed by atoms with E-state index in [1.54, 1.807) is 0 Å². The molecular weight excluding hydrogens is 462 g/mol. The Morgan fingerprint density at radius 3 is 1.77 bits per heavy atom. The molecule has 0 radical (unpaired) electrons. The number of alkyl halides is 11. The van der Waals surface area contributed by atoms with Crippen LogP contribution < -0.4 is 4.90 Å². The summed E-state index contributed by atoms with van der Waals surface area (Å²) in [5, 5.41) is 0. The van der Waals surface area contributed by atoms with E-state index in [2.05, 4.69) is 0 Å². The average molecular weight is 473 g/mol. The number of nitrogens with zero attached hydrogens (tertiary/aromatic N) is 1. The molecule has 0 N–H and O–H groups in total. The molecule has 1 fully saturated rings. The summed E-state index contributed by atoms with van der Waals surface area (Å²) in [5.74, 6) is -40.9. The van der Waals surface area contributed by atoms with Crippen LogP contribution in [0.5, 0.6) is 0 Å². The van der Waals surface area contributed by atoms with Gasteiger partial charge in [-0.05, 0) is 43.5 Å². The number of fused-ring (bicyclic) bond motifs is 1. The fourth-order valence-electron chi connectivity index (χ4n) is 3.69. The van der Waals surface area contributed by atoms with Crippen LogP contribution in [0.25, 0.3) is 0 Å². The molecule has 14 heteroatoms. The summed E-state index contributed by atoms with van der Waals surface area (Å²) in [6.45, 7) is 0.956. The van der Waals surface area contributed by atoms with Crippen molar-refractivity contribution in [3.63, 3.8) is 0 Å². The highest BCUT2D eigenvalue weighted by Crippen LogP contribution is 2.69. The van der Waals surface area contributed by atoms with Gasteiger partial charge in [-0.15, -0.1) is 0 Å². The second-order valence-corrected chi connectivity index (χ2v) is 7.37. The lowest BCUT2D eigenvalue weighted by molar-refractivity contribution is -0.476. The van der Waals surface area contributed by atoms with Crippen molar-refractivity contribution >= 4 is 11.6 Å². The molecule has 0 aromatic heterocycles. The Kier molecular flexibility index (Phi) is 4.71. The highest BCUT2D eigenvalue weighted by atomic mass is 19.4. The SMILES string of the molecule is CC1CCc2cc(F)ccc2N1C(=O)C1(F)C(F)(F)C(F)(F)C(F)(F)C(F)(F)C1(F)F. The zero-order valence-corrected chi connectivity index (χ0v) is 15.1. The van der Waals surface area contributed by atoms with Crippen molar-refractivity contribution in [2.75, 3.05) is 4.90 Å². The molecule has 1 aromatic rings. The number of carbonyl (C=O) groups is 1.